The third-order valence-corrected chi connectivity index (χ3v) is 5.42. The van der Waals surface area contributed by atoms with Gasteiger partial charge in [-0.3, -0.25) is 14.7 Å². The maximum Gasteiger partial charge on any atom is 0.377 e. The van der Waals surface area contributed by atoms with Crippen molar-refractivity contribution in [1.29, 1.82) is 0 Å². The molecule has 1 aromatic carbocycles. The van der Waals surface area contributed by atoms with Gasteiger partial charge in [-0.05, 0) is 51.9 Å². The molecule has 0 saturated carbocycles. The van der Waals surface area contributed by atoms with Gasteiger partial charge < -0.3 is 19.7 Å². The summed E-state index contributed by atoms with van der Waals surface area (Å²) in [7, 11) is -3.54. The molecule has 0 aromatic heterocycles. The van der Waals surface area contributed by atoms with Crippen molar-refractivity contribution in [2.45, 2.75) is 40.2 Å². The van der Waals surface area contributed by atoms with Crippen LogP contribution >= 0.6 is 7.60 Å². The van der Waals surface area contributed by atoms with Crippen molar-refractivity contribution in [2.24, 2.45) is 0 Å². The van der Waals surface area contributed by atoms with Crippen LogP contribution in [0.2, 0.25) is 0 Å². The number of rotatable bonds is 12. The van der Waals surface area contributed by atoms with E-state index in [1.54, 1.807) is 32.1 Å². The van der Waals surface area contributed by atoms with E-state index in [1.165, 1.54) is 12.1 Å². The Morgan fingerprint density at radius 3 is 2.27 bits per heavy atom. The quantitative estimate of drug-likeness (QED) is 0.310. The van der Waals surface area contributed by atoms with Gasteiger partial charge in [-0.25, -0.2) is 0 Å². The molecular formula is C17H28N3O5P. The van der Waals surface area contributed by atoms with E-state index < -0.39 is 12.5 Å². The summed E-state index contributed by atoms with van der Waals surface area (Å²) in [6.07, 6.45) is 2.74. The molecule has 0 aliphatic rings. The summed E-state index contributed by atoms with van der Waals surface area (Å²) in [5, 5.41) is 17.1. The molecule has 0 spiro atoms. The lowest BCUT2D eigenvalue weighted by atomic mass is 10.3. The summed E-state index contributed by atoms with van der Waals surface area (Å²) in [5.41, 5.74) is 0.854. The molecule has 0 radical (unpaired) electrons. The topological polar surface area (TPSA) is 103 Å². The maximum absolute atomic E-state index is 13.2. The van der Waals surface area contributed by atoms with E-state index in [0.717, 1.165) is 13.0 Å². The van der Waals surface area contributed by atoms with Crippen molar-refractivity contribution in [3.05, 3.63) is 45.9 Å². The Labute approximate surface area is 154 Å². The minimum absolute atomic E-state index is 0.0168. The van der Waals surface area contributed by atoms with Crippen LogP contribution in [-0.4, -0.2) is 30.7 Å². The molecule has 1 aromatic rings. The van der Waals surface area contributed by atoms with Crippen LogP contribution in [0.1, 0.15) is 34.1 Å². The first-order valence-electron chi connectivity index (χ1n) is 8.72. The van der Waals surface area contributed by atoms with Crippen LogP contribution in [0.15, 0.2) is 35.8 Å². The highest BCUT2D eigenvalue weighted by Gasteiger charge is 2.30. The molecule has 0 aliphatic carbocycles. The molecule has 1 rings (SSSR count). The van der Waals surface area contributed by atoms with Crippen LogP contribution in [-0.2, 0) is 13.6 Å². The van der Waals surface area contributed by atoms with E-state index in [1.807, 2.05) is 6.92 Å². The highest BCUT2D eigenvalue weighted by atomic mass is 31.2. The predicted octanol–water partition coefficient (Wildman–Crippen LogP) is 4.50. The summed E-state index contributed by atoms with van der Waals surface area (Å²) < 4.78 is 24.1. The summed E-state index contributed by atoms with van der Waals surface area (Å²) in [5.74, 6) is 0. The SMILES string of the molecule is CCCNC(C)/C=C(\Nc1ccc([N+](=O)[O-])cc1)P(=O)(OCC)OCC. The van der Waals surface area contributed by atoms with Crippen molar-refractivity contribution in [1.82, 2.24) is 5.32 Å². The summed E-state index contributed by atoms with van der Waals surface area (Å²) in [4.78, 5) is 10.3. The molecule has 1 unspecified atom stereocenters. The van der Waals surface area contributed by atoms with Crippen molar-refractivity contribution in [3.63, 3.8) is 0 Å². The largest absolute Gasteiger partial charge is 0.377 e. The van der Waals surface area contributed by atoms with Gasteiger partial charge in [0.05, 0.1) is 18.1 Å². The highest BCUT2D eigenvalue weighted by Crippen LogP contribution is 2.56. The van der Waals surface area contributed by atoms with E-state index >= 15 is 0 Å². The fraction of sp³-hybridized carbons (Fsp3) is 0.529. The molecule has 0 bridgehead atoms. The van der Waals surface area contributed by atoms with E-state index in [-0.39, 0.29) is 24.9 Å². The van der Waals surface area contributed by atoms with E-state index in [9.17, 15) is 14.7 Å². The Hall–Kier alpha value is -1.73. The number of hydrogen-bond acceptors (Lipinski definition) is 7. The second kappa shape index (κ2) is 11.1. The first-order chi connectivity index (χ1) is 12.4. The van der Waals surface area contributed by atoms with Crippen LogP contribution in [0.3, 0.4) is 0 Å². The second-order valence-electron chi connectivity index (χ2n) is 5.56. The van der Waals surface area contributed by atoms with E-state index in [2.05, 4.69) is 17.6 Å². The van der Waals surface area contributed by atoms with Crippen molar-refractivity contribution >= 4 is 19.0 Å². The Morgan fingerprint density at radius 2 is 1.81 bits per heavy atom. The summed E-state index contributed by atoms with van der Waals surface area (Å²) >= 11 is 0. The normalized spacial score (nSPS) is 13.5. The number of anilines is 1. The maximum atomic E-state index is 13.2. The molecule has 9 heteroatoms. The molecule has 0 fully saturated rings. The number of hydrogen-bond donors (Lipinski definition) is 2. The Bertz CT molecular complexity index is 638. The number of nitro groups is 1. The van der Waals surface area contributed by atoms with Crippen LogP contribution in [0.25, 0.3) is 0 Å². The van der Waals surface area contributed by atoms with Crippen LogP contribution in [0.5, 0.6) is 0 Å². The lowest BCUT2D eigenvalue weighted by molar-refractivity contribution is -0.384. The molecule has 0 amide bonds. The standard InChI is InChI=1S/C17H28N3O5P/c1-5-12-18-14(4)13-17(26(23,24-6-2)25-7-3)19-15-8-10-16(11-9-15)20(21)22/h8-11,13-14,18-19H,5-7,12H2,1-4H3/b17-13+. The second-order valence-corrected chi connectivity index (χ2v) is 7.55. The van der Waals surface area contributed by atoms with Gasteiger partial charge >= 0.3 is 7.60 Å². The molecule has 2 N–H and O–H groups in total. The van der Waals surface area contributed by atoms with Gasteiger partial charge in [0, 0.05) is 23.9 Å². The molecule has 1 atom stereocenters. The van der Waals surface area contributed by atoms with Crippen molar-refractivity contribution < 1.29 is 18.5 Å². The summed E-state index contributed by atoms with van der Waals surface area (Å²) in [6.45, 7) is 8.76. The van der Waals surface area contributed by atoms with Crippen LogP contribution in [0, 0.1) is 10.1 Å². The van der Waals surface area contributed by atoms with Gasteiger partial charge in [0.2, 0.25) is 0 Å². The van der Waals surface area contributed by atoms with Gasteiger partial charge in [0.15, 0.2) is 0 Å². The lowest BCUT2D eigenvalue weighted by Crippen LogP contribution is -2.26. The summed E-state index contributed by atoms with van der Waals surface area (Å²) in [6, 6.07) is 5.80. The number of benzene rings is 1. The zero-order chi connectivity index (χ0) is 19.6. The third kappa shape index (κ3) is 6.88. The van der Waals surface area contributed by atoms with Gasteiger partial charge in [0.1, 0.15) is 5.44 Å². The smallest absolute Gasteiger partial charge is 0.349 e. The lowest BCUT2D eigenvalue weighted by Gasteiger charge is -2.23. The van der Waals surface area contributed by atoms with E-state index in [0.29, 0.717) is 11.1 Å². The van der Waals surface area contributed by atoms with Gasteiger partial charge in [-0.15, -0.1) is 0 Å². The predicted molar refractivity (Wildman–Crippen MR) is 103 cm³/mol. The first kappa shape index (κ1) is 22.3. The Kier molecular flexibility index (Phi) is 9.51. The van der Waals surface area contributed by atoms with Crippen LogP contribution < -0.4 is 10.6 Å². The average molecular weight is 385 g/mol. The van der Waals surface area contributed by atoms with Gasteiger partial charge in [-0.2, -0.15) is 0 Å². The Balaban J connectivity index is 3.15. The number of non-ortho nitro benzene ring substituents is 1. The molecule has 0 aliphatic heterocycles. The monoisotopic (exact) mass is 385 g/mol. The highest BCUT2D eigenvalue weighted by molar-refractivity contribution is 7.58. The van der Waals surface area contributed by atoms with Gasteiger partial charge in [-0.1, -0.05) is 6.92 Å². The average Bonchev–Trinajstić information content (AvgIpc) is 2.60. The zero-order valence-electron chi connectivity index (χ0n) is 15.7. The number of nitro benzene ring substituents is 1. The number of nitrogens with one attached hydrogen (secondary N) is 2. The zero-order valence-corrected chi connectivity index (χ0v) is 16.6. The van der Waals surface area contributed by atoms with Crippen LogP contribution in [0.4, 0.5) is 11.4 Å². The molecule has 0 saturated heterocycles. The fourth-order valence-corrected chi connectivity index (χ4v) is 3.90. The molecular weight excluding hydrogens is 357 g/mol. The molecule has 146 valence electrons. The van der Waals surface area contributed by atoms with Crippen molar-refractivity contribution in [3.8, 4) is 0 Å². The van der Waals surface area contributed by atoms with Gasteiger partial charge in [0.25, 0.3) is 5.69 Å². The fourth-order valence-electron chi connectivity index (χ4n) is 2.20. The minimum atomic E-state index is -3.54. The minimum Gasteiger partial charge on any atom is -0.349 e. The van der Waals surface area contributed by atoms with E-state index in [4.69, 9.17) is 9.05 Å². The molecule has 8 nitrogen and oxygen atoms in total. The molecule has 26 heavy (non-hydrogen) atoms. The Morgan fingerprint density at radius 1 is 1.23 bits per heavy atom. The third-order valence-electron chi connectivity index (χ3n) is 3.37. The first-order valence-corrected chi connectivity index (χ1v) is 10.3. The number of nitrogens with zero attached hydrogens (tertiary/aromatic N) is 1. The van der Waals surface area contributed by atoms with Crippen molar-refractivity contribution in [2.75, 3.05) is 25.1 Å². The molecule has 0 heterocycles.